The fraction of sp³-hybridized carbons (Fsp3) is 0.636. The summed E-state index contributed by atoms with van der Waals surface area (Å²) in [5.74, 6) is 2.16. The van der Waals surface area contributed by atoms with Gasteiger partial charge < -0.3 is 11.1 Å². The van der Waals surface area contributed by atoms with Crippen LogP contribution in [0.4, 0.5) is 0 Å². The van der Waals surface area contributed by atoms with Crippen LogP contribution in [0.1, 0.15) is 20.3 Å². The smallest absolute Gasteiger partial charge is 0.188 e. The van der Waals surface area contributed by atoms with Crippen molar-refractivity contribution >= 4 is 53.0 Å². The number of hydrogen-bond acceptors (Lipinski definition) is 4. The predicted octanol–water partition coefficient (Wildman–Crippen LogP) is 2.80. The molecule has 0 radical (unpaired) electrons. The maximum atomic E-state index is 5.72. The van der Waals surface area contributed by atoms with Crippen LogP contribution < -0.4 is 11.1 Å². The summed E-state index contributed by atoms with van der Waals surface area (Å²) >= 11 is 3.47. The molecule has 1 rings (SSSR count). The molecular weight excluding hydrogens is 379 g/mol. The normalized spacial score (nSPS) is 11.4. The molecule has 0 spiro atoms. The topological polar surface area (TPSA) is 63.3 Å². The van der Waals surface area contributed by atoms with Gasteiger partial charge in [0, 0.05) is 30.4 Å². The molecule has 18 heavy (non-hydrogen) atoms. The number of nitrogens with two attached hydrogens (primary N) is 1. The van der Waals surface area contributed by atoms with Gasteiger partial charge in [-0.3, -0.25) is 4.99 Å². The van der Waals surface area contributed by atoms with Gasteiger partial charge in [0.15, 0.2) is 5.96 Å². The molecule has 0 saturated heterocycles. The number of guanidine groups is 1. The summed E-state index contributed by atoms with van der Waals surface area (Å²) in [4.78, 5) is 8.45. The number of aliphatic imine (C=N–C) groups is 1. The fourth-order valence-electron chi connectivity index (χ4n) is 1.07. The summed E-state index contributed by atoms with van der Waals surface area (Å²) in [6.07, 6.45) is 2.89. The number of thiazole rings is 1. The maximum Gasteiger partial charge on any atom is 0.188 e. The largest absolute Gasteiger partial charge is 0.370 e. The first-order valence-corrected chi connectivity index (χ1v) is 7.61. The zero-order chi connectivity index (χ0) is 12.5. The van der Waals surface area contributed by atoms with Crippen LogP contribution in [0.2, 0.25) is 0 Å². The standard InChI is InChI=1S/C11H20N4S2.HI/c1-9(2)8-15-10(12)13-4-3-6-16-11-14-5-7-17-11;/h5,7,9H,3-4,6,8H2,1-2H3,(H3,12,13,15);1H. The Bertz CT molecular complexity index is 328. The van der Waals surface area contributed by atoms with E-state index in [1.165, 1.54) is 0 Å². The number of aromatic nitrogens is 1. The second-order valence-electron chi connectivity index (χ2n) is 4.05. The van der Waals surface area contributed by atoms with Crippen molar-refractivity contribution in [3.63, 3.8) is 0 Å². The number of thioether (sulfide) groups is 1. The van der Waals surface area contributed by atoms with Gasteiger partial charge in [-0.25, -0.2) is 4.98 Å². The van der Waals surface area contributed by atoms with E-state index in [4.69, 9.17) is 5.73 Å². The van der Waals surface area contributed by atoms with E-state index in [1.807, 2.05) is 11.6 Å². The van der Waals surface area contributed by atoms with Crippen LogP contribution in [-0.4, -0.2) is 29.8 Å². The molecular formula is C11H21IN4S2. The molecule has 1 aromatic rings. The van der Waals surface area contributed by atoms with Crippen LogP contribution in [0, 0.1) is 5.92 Å². The molecule has 1 heterocycles. The summed E-state index contributed by atoms with van der Waals surface area (Å²) in [5, 5.41) is 5.11. The Hall–Kier alpha value is -0.0200. The Morgan fingerprint density at radius 2 is 2.39 bits per heavy atom. The average Bonchev–Trinajstić information content (AvgIpc) is 2.79. The van der Waals surface area contributed by atoms with E-state index in [1.54, 1.807) is 23.1 Å². The Labute approximate surface area is 134 Å². The zero-order valence-electron chi connectivity index (χ0n) is 10.8. The van der Waals surface area contributed by atoms with Gasteiger partial charge in [-0.05, 0) is 12.3 Å². The molecule has 0 unspecified atom stereocenters. The van der Waals surface area contributed by atoms with Crippen LogP contribution in [0.5, 0.6) is 0 Å². The lowest BCUT2D eigenvalue weighted by molar-refractivity contribution is 0.661. The van der Waals surface area contributed by atoms with Crippen molar-refractivity contribution in [2.75, 3.05) is 18.8 Å². The van der Waals surface area contributed by atoms with Gasteiger partial charge in [-0.2, -0.15) is 0 Å². The van der Waals surface area contributed by atoms with Crippen LogP contribution in [0.25, 0.3) is 0 Å². The number of hydrogen-bond donors (Lipinski definition) is 2. The van der Waals surface area contributed by atoms with Gasteiger partial charge in [0.2, 0.25) is 0 Å². The van der Waals surface area contributed by atoms with Gasteiger partial charge in [-0.1, -0.05) is 25.6 Å². The van der Waals surface area contributed by atoms with Gasteiger partial charge >= 0.3 is 0 Å². The molecule has 0 atom stereocenters. The summed E-state index contributed by atoms with van der Waals surface area (Å²) in [7, 11) is 0. The van der Waals surface area contributed by atoms with Crippen LogP contribution in [-0.2, 0) is 0 Å². The van der Waals surface area contributed by atoms with Crippen LogP contribution >= 0.6 is 47.1 Å². The number of nitrogens with zero attached hydrogens (tertiary/aromatic N) is 2. The molecule has 0 aliphatic heterocycles. The molecule has 104 valence electrons. The first-order chi connectivity index (χ1) is 8.18. The minimum absolute atomic E-state index is 0. The number of halogens is 1. The molecule has 1 aromatic heterocycles. The van der Waals surface area contributed by atoms with Crippen molar-refractivity contribution in [3.05, 3.63) is 11.6 Å². The lowest BCUT2D eigenvalue weighted by Gasteiger charge is -2.05. The monoisotopic (exact) mass is 400 g/mol. The molecule has 3 N–H and O–H groups in total. The SMILES string of the molecule is CC(C)CN=C(N)NCCCSc1nccs1.I. The Morgan fingerprint density at radius 3 is 3.00 bits per heavy atom. The predicted molar refractivity (Wildman–Crippen MR) is 92.2 cm³/mol. The average molecular weight is 400 g/mol. The van der Waals surface area contributed by atoms with Crippen LogP contribution in [0.3, 0.4) is 0 Å². The highest BCUT2D eigenvalue weighted by molar-refractivity contribution is 14.0. The van der Waals surface area contributed by atoms with Crippen molar-refractivity contribution in [1.29, 1.82) is 0 Å². The van der Waals surface area contributed by atoms with E-state index >= 15 is 0 Å². The third-order valence-corrected chi connectivity index (χ3v) is 3.94. The minimum atomic E-state index is 0. The fourth-order valence-corrected chi connectivity index (χ4v) is 2.71. The first kappa shape index (κ1) is 18.0. The van der Waals surface area contributed by atoms with Crippen molar-refractivity contribution in [2.45, 2.75) is 24.6 Å². The van der Waals surface area contributed by atoms with Crippen molar-refractivity contribution in [1.82, 2.24) is 10.3 Å². The van der Waals surface area contributed by atoms with Gasteiger partial charge in [0.25, 0.3) is 0 Å². The summed E-state index contributed by atoms with van der Waals surface area (Å²) in [5.41, 5.74) is 5.72. The number of rotatable bonds is 7. The third-order valence-electron chi connectivity index (χ3n) is 1.89. The summed E-state index contributed by atoms with van der Waals surface area (Å²) in [6.45, 7) is 5.90. The molecule has 0 aliphatic rings. The highest BCUT2D eigenvalue weighted by Gasteiger charge is 1.97. The lowest BCUT2D eigenvalue weighted by Crippen LogP contribution is -2.33. The van der Waals surface area contributed by atoms with Gasteiger partial charge in [0.1, 0.15) is 4.34 Å². The van der Waals surface area contributed by atoms with E-state index in [-0.39, 0.29) is 24.0 Å². The molecule has 0 bridgehead atoms. The Kier molecular flexibility index (Phi) is 10.8. The highest BCUT2D eigenvalue weighted by Crippen LogP contribution is 2.20. The molecule has 7 heteroatoms. The quantitative estimate of drug-likeness (QED) is 0.243. The highest BCUT2D eigenvalue weighted by atomic mass is 127. The second kappa shape index (κ2) is 10.9. The summed E-state index contributed by atoms with van der Waals surface area (Å²) < 4.78 is 1.13. The van der Waals surface area contributed by atoms with Crippen molar-refractivity contribution in [3.8, 4) is 0 Å². The van der Waals surface area contributed by atoms with Crippen molar-refractivity contribution < 1.29 is 0 Å². The van der Waals surface area contributed by atoms with Gasteiger partial charge in [-0.15, -0.1) is 35.3 Å². The molecule has 0 aliphatic carbocycles. The van der Waals surface area contributed by atoms with E-state index in [9.17, 15) is 0 Å². The molecule has 4 nitrogen and oxygen atoms in total. The maximum absolute atomic E-state index is 5.72. The minimum Gasteiger partial charge on any atom is -0.370 e. The third kappa shape index (κ3) is 8.98. The Morgan fingerprint density at radius 1 is 1.61 bits per heavy atom. The van der Waals surface area contributed by atoms with Gasteiger partial charge in [0.05, 0.1) is 0 Å². The number of nitrogens with one attached hydrogen (secondary N) is 1. The molecule has 0 amide bonds. The van der Waals surface area contributed by atoms with E-state index < -0.39 is 0 Å². The van der Waals surface area contributed by atoms with E-state index in [0.29, 0.717) is 11.9 Å². The second-order valence-corrected chi connectivity index (χ2v) is 6.28. The Balaban J connectivity index is 0.00000289. The van der Waals surface area contributed by atoms with Crippen LogP contribution in [0.15, 0.2) is 20.9 Å². The van der Waals surface area contributed by atoms with E-state index in [0.717, 1.165) is 29.6 Å². The zero-order valence-corrected chi connectivity index (χ0v) is 14.7. The molecule has 0 aromatic carbocycles. The van der Waals surface area contributed by atoms with Crippen molar-refractivity contribution in [2.24, 2.45) is 16.6 Å². The molecule has 0 saturated carbocycles. The first-order valence-electron chi connectivity index (χ1n) is 5.74. The van der Waals surface area contributed by atoms with E-state index in [2.05, 4.69) is 29.1 Å². The summed E-state index contributed by atoms with van der Waals surface area (Å²) in [6, 6.07) is 0. The molecule has 0 fully saturated rings. The lowest BCUT2D eigenvalue weighted by atomic mass is 10.2.